The van der Waals surface area contributed by atoms with Gasteiger partial charge in [-0.3, -0.25) is 20.8 Å². The van der Waals surface area contributed by atoms with E-state index < -0.39 is 10.8 Å². The molecule has 0 aliphatic rings. The maximum Gasteiger partial charge on any atom is 0.282 e. The Morgan fingerprint density at radius 2 is 1.90 bits per heavy atom. The van der Waals surface area contributed by atoms with Crippen molar-refractivity contribution in [1.29, 1.82) is 0 Å². The monoisotopic (exact) mass is 286 g/mol. The van der Waals surface area contributed by atoms with E-state index in [9.17, 15) is 14.9 Å². The summed E-state index contributed by atoms with van der Waals surface area (Å²) in [6.45, 7) is 0. The van der Waals surface area contributed by atoms with Crippen LogP contribution in [0.1, 0.15) is 10.4 Å². The summed E-state index contributed by atoms with van der Waals surface area (Å²) >= 11 is 0. The number of hydrogen-bond donors (Lipinski definition) is 2. The second kappa shape index (κ2) is 6.02. The van der Waals surface area contributed by atoms with Gasteiger partial charge in [-0.15, -0.1) is 0 Å². The Balaban J connectivity index is 2.44. The molecule has 0 heterocycles. The third-order valence-electron chi connectivity index (χ3n) is 3.04. The Bertz CT molecular complexity index is 673. The molecule has 0 atom stereocenters. The minimum Gasteiger partial charge on any atom is -0.324 e. The van der Waals surface area contributed by atoms with Crippen LogP contribution in [0.5, 0.6) is 0 Å². The lowest BCUT2D eigenvalue weighted by molar-refractivity contribution is -0.385. The molecule has 0 fully saturated rings. The van der Waals surface area contributed by atoms with E-state index in [2.05, 4.69) is 5.43 Å². The van der Waals surface area contributed by atoms with Gasteiger partial charge >= 0.3 is 0 Å². The van der Waals surface area contributed by atoms with E-state index in [1.54, 1.807) is 31.3 Å². The summed E-state index contributed by atoms with van der Waals surface area (Å²) in [6, 6.07) is 12.9. The van der Waals surface area contributed by atoms with Crippen LogP contribution >= 0.6 is 0 Å². The third kappa shape index (κ3) is 2.98. The summed E-state index contributed by atoms with van der Waals surface area (Å²) in [7, 11) is 1.56. The fourth-order valence-electron chi connectivity index (χ4n) is 1.91. The zero-order valence-electron chi connectivity index (χ0n) is 11.3. The van der Waals surface area contributed by atoms with Crippen LogP contribution in [0.25, 0.3) is 0 Å². The van der Waals surface area contributed by atoms with Gasteiger partial charge in [0.1, 0.15) is 5.56 Å². The largest absolute Gasteiger partial charge is 0.324 e. The molecule has 0 radical (unpaired) electrons. The molecule has 0 aliphatic carbocycles. The van der Waals surface area contributed by atoms with Gasteiger partial charge in [0.2, 0.25) is 0 Å². The quantitative estimate of drug-likeness (QED) is 0.509. The van der Waals surface area contributed by atoms with E-state index in [0.717, 1.165) is 0 Å². The number of nitro benzene ring substituents is 1. The fourth-order valence-corrected chi connectivity index (χ4v) is 1.91. The molecule has 21 heavy (non-hydrogen) atoms. The van der Waals surface area contributed by atoms with Gasteiger partial charge in [0, 0.05) is 24.5 Å². The molecule has 108 valence electrons. The normalized spacial score (nSPS) is 10.0. The van der Waals surface area contributed by atoms with E-state index >= 15 is 0 Å². The molecule has 2 aromatic carbocycles. The van der Waals surface area contributed by atoms with Crippen LogP contribution in [0.2, 0.25) is 0 Å². The molecule has 0 spiro atoms. The second-order valence-corrected chi connectivity index (χ2v) is 4.33. The minimum atomic E-state index is -0.591. The predicted octanol–water partition coefficient (Wildman–Crippen LogP) is 2.16. The van der Waals surface area contributed by atoms with Gasteiger partial charge in [-0.05, 0) is 24.3 Å². The number of para-hydroxylation sites is 1. The molecule has 3 N–H and O–H groups in total. The van der Waals surface area contributed by atoms with Crippen molar-refractivity contribution in [1.82, 2.24) is 0 Å². The van der Waals surface area contributed by atoms with Crippen LogP contribution in [0, 0.1) is 10.1 Å². The first kappa shape index (κ1) is 14.5. The van der Waals surface area contributed by atoms with E-state index in [4.69, 9.17) is 5.84 Å². The van der Waals surface area contributed by atoms with Gasteiger partial charge in [-0.25, -0.2) is 0 Å². The van der Waals surface area contributed by atoms with Crippen molar-refractivity contribution >= 4 is 23.0 Å². The number of nitrogen functional groups attached to an aromatic ring is 1. The molecule has 0 unspecified atom stereocenters. The first-order chi connectivity index (χ1) is 10.0. The Hall–Kier alpha value is -2.93. The molecule has 0 saturated carbocycles. The van der Waals surface area contributed by atoms with Crippen molar-refractivity contribution in [2.24, 2.45) is 5.84 Å². The number of hydrazine groups is 1. The van der Waals surface area contributed by atoms with Crippen LogP contribution in [-0.2, 0) is 0 Å². The minimum absolute atomic E-state index is 0.0261. The molecule has 0 aromatic heterocycles. The highest BCUT2D eigenvalue weighted by atomic mass is 16.6. The van der Waals surface area contributed by atoms with Crippen molar-refractivity contribution in [2.45, 2.75) is 0 Å². The lowest BCUT2D eigenvalue weighted by Gasteiger charge is -2.17. The molecule has 0 saturated heterocycles. The number of carbonyl (C=O) groups is 1. The standard InChI is InChI=1S/C14H14N4O3/c1-17(11-5-3-2-4-6-11)14(19)12-9-10(16-15)7-8-13(12)18(20)21/h2-9,16H,15H2,1H3. The summed E-state index contributed by atoms with van der Waals surface area (Å²) in [5.74, 6) is 4.81. The highest BCUT2D eigenvalue weighted by Crippen LogP contribution is 2.25. The number of hydrogen-bond acceptors (Lipinski definition) is 5. The van der Waals surface area contributed by atoms with Gasteiger partial charge < -0.3 is 10.3 Å². The predicted molar refractivity (Wildman–Crippen MR) is 80.1 cm³/mol. The molecule has 2 aromatic rings. The molecule has 2 rings (SSSR count). The van der Waals surface area contributed by atoms with E-state index in [1.165, 1.54) is 23.1 Å². The third-order valence-corrected chi connectivity index (χ3v) is 3.04. The second-order valence-electron chi connectivity index (χ2n) is 4.33. The topological polar surface area (TPSA) is 102 Å². The highest BCUT2D eigenvalue weighted by Gasteiger charge is 2.24. The van der Waals surface area contributed by atoms with Gasteiger partial charge in [0.25, 0.3) is 11.6 Å². The van der Waals surface area contributed by atoms with Gasteiger partial charge in [0.05, 0.1) is 4.92 Å². The molecule has 1 amide bonds. The van der Waals surface area contributed by atoms with Crippen LogP contribution in [0.3, 0.4) is 0 Å². The zero-order valence-corrected chi connectivity index (χ0v) is 11.3. The summed E-state index contributed by atoms with van der Waals surface area (Å²) in [6.07, 6.45) is 0. The molecular formula is C14H14N4O3. The van der Waals surface area contributed by atoms with Gasteiger partial charge in [-0.1, -0.05) is 18.2 Å². The Morgan fingerprint density at radius 3 is 2.48 bits per heavy atom. The van der Waals surface area contributed by atoms with Crippen LogP contribution in [0.4, 0.5) is 17.1 Å². The Kier molecular flexibility index (Phi) is 4.15. The fraction of sp³-hybridized carbons (Fsp3) is 0.0714. The number of amides is 1. The van der Waals surface area contributed by atoms with E-state index in [-0.39, 0.29) is 11.3 Å². The van der Waals surface area contributed by atoms with Crippen LogP contribution < -0.4 is 16.2 Å². The van der Waals surface area contributed by atoms with Crippen molar-refractivity contribution in [3.63, 3.8) is 0 Å². The smallest absolute Gasteiger partial charge is 0.282 e. The summed E-state index contributed by atoms with van der Waals surface area (Å²) in [5, 5.41) is 11.1. The van der Waals surface area contributed by atoms with Crippen molar-refractivity contribution in [2.75, 3.05) is 17.4 Å². The number of nitrogens with one attached hydrogen (secondary N) is 1. The summed E-state index contributed by atoms with van der Waals surface area (Å²) < 4.78 is 0. The lowest BCUT2D eigenvalue weighted by Crippen LogP contribution is -2.27. The summed E-state index contributed by atoms with van der Waals surface area (Å²) in [4.78, 5) is 24.3. The maximum absolute atomic E-state index is 12.5. The SMILES string of the molecule is CN(C(=O)c1cc(NN)ccc1[N+](=O)[O-])c1ccccc1. The van der Waals surface area contributed by atoms with Gasteiger partial charge in [0.15, 0.2) is 0 Å². The first-order valence-electron chi connectivity index (χ1n) is 6.12. The van der Waals surface area contributed by atoms with Crippen molar-refractivity contribution in [3.05, 3.63) is 64.2 Å². The molecule has 0 aliphatic heterocycles. The average Bonchev–Trinajstić information content (AvgIpc) is 2.53. The van der Waals surface area contributed by atoms with E-state index in [1.807, 2.05) is 6.07 Å². The number of nitrogens with zero attached hydrogens (tertiary/aromatic N) is 2. The maximum atomic E-state index is 12.5. The Labute approximate surface area is 121 Å². The van der Waals surface area contributed by atoms with Gasteiger partial charge in [-0.2, -0.15) is 0 Å². The van der Waals surface area contributed by atoms with Crippen molar-refractivity contribution in [3.8, 4) is 0 Å². The average molecular weight is 286 g/mol. The lowest BCUT2D eigenvalue weighted by atomic mass is 10.1. The number of benzene rings is 2. The van der Waals surface area contributed by atoms with Crippen molar-refractivity contribution < 1.29 is 9.72 Å². The Morgan fingerprint density at radius 1 is 1.24 bits per heavy atom. The molecular weight excluding hydrogens is 272 g/mol. The molecule has 7 nitrogen and oxygen atoms in total. The van der Waals surface area contributed by atoms with E-state index in [0.29, 0.717) is 11.4 Å². The number of nitrogens with two attached hydrogens (primary N) is 1. The van der Waals surface area contributed by atoms with Crippen LogP contribution in [0.15, 0.2) is 48.5 Å². The number of nitro groups is 1. The highest BCUT2D eigenvalue weighted by molar-refractivity contribution is 6.08. The molecule has 0 bridgehead atoms. The van der Waals surface area contributed by atoms with Crippen LogP contribution in [-0.4, -0.2) is 17.9 Å². The zero-order chi connectivity index (χ0) is 15.4. The summed E-state index contributed by atoms with van der Waals surface area (Å²) in [5.41, 5.74) is 3.15. The number of anilines is 2. The number of rotatable bonds is 4. The molecule has 7 heteroatoms. The first-order valence-corrected chi connectivity index (χ1v) is 6.12. The number of carbonyl (C=O) groups excluding carboxylic acids is 1.